The molecule has 2 rings (SSSR count). The molecule has 0 saturated carbocycles. The number of piperazine rings is 1. The predicted octanol–water partition coefficient (Wildman–Crippen LogP) is 2.01. The van der Waals surface area contributed by atoms with Crippen molar-refractivity contribution in [3.05, 3.63) is 16.2 Å². The number of hydrogen-bond acceptors (Lipinski definition) is 5. The average molecular weight is 343 g/mol. The Hall–Kier alpha value is -1.50. The molecule has 20 heavy (non-hydrogen) atoms. The number of anilines is 2. The Kier molecular flexibility index (Phi) is 4.69. The molecule has 0 radical (unpaired) electrons. The van der Waals surface area contributed by atoms with E-state index in [0.29, 0.717) is 25.4 Å². The number of carbonyl (C=O) groups excluding carboxylic acids is 1. The lowest BCUT2D eigenvalue weighted by molar-refractivity contribution is 0.105. The molecule has 1 aliphatic rings. The van der Waals surface area contributed by atoms with Gasteiger partial charge in [0.2, 0.25) is 0 Å². The highest BCUT2D eigenvalue weighted by Crippen LogP contribution is 2.30. The normalized spacial score (nSPS) is 15.3. The summed E-state index contributed by atoms with van der Waals surface area (Å²) in [6.07, 6.45) is 1.43. The average Bonchev–Trinajstić information content (AvgIpc) is 2.45. The molecule has 0 unspecified atom stereocenters. The number of aromatic nitrogens is 1. The van der Waals surface area contributed by atoms with Crippen LogP contribution in [0.4, 0.5) is 16.3 Å². The number of carbonyl (C=O) groups is 1. The van der Waals surface area contributed by atoms with Crippen molar-refractivity contribution in [2.24, 2.45) is 0 Å². The number of amides is 1. The van der Waals surface area contributed by atoms with E-state index in [-0.39, 0.29) is 6.09 Å². The maximum absolute atomic E-state index is 11.7. The predicted molar refractivity (Wildman–Crippen MR) is 81.9 cm³/mol. The molecule has 6 nitrogen and oxygen atoms in total. The van der Waals surface area contributed by atoms with Crippen LogP contribution >= 0.6 is 15.9 Å². The van der Waals surface area contributed by atoms with Crippen molar-refractivity contribution < 1.29 is 9.53 Å². The number of pyridine rings is 1. The zero-order valence-corrected chi connectivity index (χ0v) is 13.3. The fraction of sp³-hybridized carbons (Fsp3) is 0.538. The lowest BCUT2D eigenvalue weighted by atomic mass is 10.2. The molecule has 0 aromatic carbocycles. The first-order chi connectivity index (χ1) is 9.54. The number of nitrogens with two attached hydrogens (primary N) is 1. The molecule has 1 aromatic heterocycles. The van der Waals surface area contributed by atoms with Gasteiger partial charge in [0.1, 0.15) is 5.82 Å². The van der Waals surface area contributed by atoms with E-state index in [1.807, 2.05) is 13.8 Å². The smallest absolute Gasteiger partial charge is 0.409 e. The van der Waals surface area contributed by atoms with Crippen LogP contribution in [-0.2, 0) is 4.74 Å². The van der Waals surface area contributed by atoms with Gasteiger partial charge < -0.3 is 20.3 Å². The fourth-order valence-electron chi connectivity index (χ4n) is 2.11. The van der Waals surface area contributed by atoms with Crippen molar-refractivity contribution in [3.63, 3.8) is 0 Å². The van der Waals surface area contributed by atoms with Gasteiger partial charge in [-0.25, -0.2) is 9.78 Å². The zero-order chi connectivity index (χ0) is 14.7. The molecule has 0 aliphatic carbocycles. The van der Waals surface area contributed by atoms with Crippen molar-refractivity contribution in [3.8, 4) is 0 Å². The second-order valence-electron chi connectivity index (χ2n) is 4.65. The number of hydrogen-bond donors (Lipinski definition) is 1. The van der Waals surface area contributed by atoms with Crippen LogP contribution in [0.3, 0.4) is 0 Å². The van der Waals surface area contributed by atoms with E-state index in [1.165, 1.54) is 0 Å². The first kappa shape index (κ1) is 14.9. The van der Waals surface area contributed by atoms with E-state index in [2.05, 4.69) is 25.8 Å². The third kappa shape index (κ3) is 2.98. The maximum atomic E-state index is 11.7. The molecular formula is C13H19BrN4O2. The quantitative estimate of drug-likeness (QED) is 0.890. The van der Waals surface area contributed by atoms with E-state index >= 15 is 0 Å². The van der Waals surface area contributed by atoms with Crippen LogP contribution in [0.2, 0.25) is 0 Å². The molecule has 2 heterocycles. The third-order valence-electron chi connectivity index (χ3n) is 3.39. The molecule has 1 aliphatic heterocycles. The summed E-state index contributed by atoms with van der Waals surface area (Å²) in [4.78, 5) is 19.9. The number of nitrogen functional groups attached to an aromatic ring is 1. The summed E-state index contributed by atoms with van der Waals surface area (Å²) in [6, 6.07) is 0. The topological polar surface area (TPSA) is 71.7 Å². The Morgan fingerprint density at radius 1 is 1.45 bits per heavy atom. The van der Waals surface area contributed by atoms with E-state index < -0.39 is 0 Å². The molecule has 2 N–H and O–H groups in total. The van der Waals surface area contributed by atoms with Crippen LogP contribution in [0.5, 0.6) is 0 Å². The van der Waals surface area contributed by atoms with E-state index in [0.717, 1.165) is 28.9 Å². The van der Waals surface area contributed by atoms with Crippen LogP contribution in [0.1, 0.15) is 12.5 Å². The lowest BCUT2D eigenvalue weighted by Crippen LogP contribution is -2.49. The molecule has 1 saturated heterocycles. The van der Waals surface area contributed by atoms with Crippen LogP contribution < -0.4 is 10.6 Å². The van der Waals surface area contributed by atoms with Crippen LogP contribution in [0, 0.1) is 6.92 Å². The Labute approximate surface area is 127 Å². The van der Waals surface area contributed by atoms with Crippen molar-refractivity contribution in [1.29, 1.82) is 0 Å². The van der Waals surface area contributed by atoms with E-state index in [1.54, 1.807) is 11.1 Å². The summed E-state index contributed by atoms with van der Waals surface area (Å²) in [5.74, 6) is 0.875. The van der Waals surface area contributed by atoms with Crippen LogP contribution in [0.15, 0.2) is 10.7 Å². The van der Waals surface area contributed by atoms with Gasteiger partial charge in [0.25, 0.3) is 0 Å². The van der Waals surface area contributed by atoms with Gasteiger partial charge >= 0.3 is 6.09 Å². The molecule has 0 bridgehead atoms. The molecule has 1 fully saturated rings. The van der Waals surface area contributed by atoms with Gasteiger partial charge in [-0.05, 0) is 35.3 Å². The summed E-state index contributed by atoms with van der Waals surface area (Å²) in [5, 5.41) is 0. The molecule has 110 valence electrons. The second-order valence-corrected chi connectivity index (χ2v) is 5.44. The minimum atomic E-state index is -0.243. The van der Waals surface area contributed by atoms with Gasteiger partial charge in [-0.2, -0.15) is 0 Å². The standard InChI is InChI=1S/C13H19BrN4O2/c1-3-20-13(19)18-6-4-17(5-7-18)12-11(14)9(2)10(15)8-16-12/h8H,3-7,15H2,1-2H3. The van der Waals surface area contributed by atoms with Gasteiger partial charge in [0, 0.05) is 26.2 Å². The first-order valence-electron chi connectivity index (χ1n) is 6.61. The van der Waals surface area contributed by atoms with Gasteiger partial charge in [-0.15, -0.1) is 0 Å². The monoisotopic (exact) mass is 342 g/mol. The van der Waals surface area contributed by atoms with Gasteiger partial charge in [-0.3, -0.25) is 0 Å². The fourth-order valence-corrected chi connectivity index (χ4v) is 2.70. The Balaban J connectivity index is 2.04. The van der Waals surface area contributed by atoms with Crippen LogP contribution in [-0.4, -0.2) is 48.8 Å². The minimum Gasteiger partial charge on any atom is -0.450 e. The van der Waals surface area contributed by atoms with Gasteiger partial charge in [-0.1, -0.05) is 0 Å². The first-order valence-corrected chi connectivity index (χ1v) is 7.41. The summed E-state index contributed by atoms with van der Waals surface area (Å²) in [7, 11) is 0. The Morgan fingerprint density at radius 3 is 2.70 bits per heavy atom. The third-order valence-corrected chi connectivity index (χ3v) is 4.34. The second kappa shape index (κ2) is 6.30. The highest BCUT2D eigenvalue weighted by Gasteiger charge is 2.24. The van der Waals surface area contributed by atoms with Crippen molar-refractivity contribution in [1.82, 2.24) is 9.88 Å². The highest BCUT2D eigenvalue weighted by molar-refractivity contribution is 9.10. The molecular weight excluding hydrogens is 324 g/mol. The molecule has 1 aromatic rings. The van der Waals surface area contributed by atoms with Crippen molar-refractivity contribution >= 4 is 33.5 Å². The molecule has 1 amide bonds. The van der Waals surface area contributed by atoms with E-state index in [9.17, 15) is 4.79 Å². The molecule has 0 spiro atoms. The molecule has 7 heteroatoms. The lowest BCUT2D eigenvalue weighted by Gasteiger charge is -2.35. The minimum absolute atomic E-state index is 0.243. The van der Waals surface area contributed by atoms with Gasteiger partial charge in [0.05, 0.1) is 23.0 Å². The summed E-state index contributed by atoms with van der Waals surface area (Å²) >= 11 is 3.55. The highest BCUT2D eigenvalue weighted by atomic mass is 79.9. The van der Waals surface area contributed by atoms with Crippen LogP contribution in [0.25, 0.3) is 0 Å². The Morgan fingerprint density at radius 2 is 2.10 bits per heavy atom. The van der Waals surface area contributed by atoms with Crippen molar-refractivity contribution in [2.45, 2.75) is 13.8 Å². The maximum Gasteiger partial charge on any atom is 0.409 e. The van der Waals surface area contributed by atoms with Crippen molar-refractivity contribution in [2.75, 3.05) is 43.4 Å². The Bertz CT molecular complexity index is 501. The summed E-state index contributed by atoms with van der Waals surface area (Å²) < 4.78 is 5.93. The number of ether oxygens (including phenoxy) is 1. The summed E-state index contributed by atoms with van der Waals surface area (Å²) in [6.45, 7) is 6.91. The zero-order valence-electron chi connectivity index (χ0n) is 11.7. The number of rotatable bonds is 2. The largest absolute Gasteiger partial charge is 0.450 e. The SMILES string of the molecule is CCOC(=O)N1CCN(c2ncc(N)c(C)c2Br)CC1. The summed E-state index contributed by atoms with van der Waals surface area (Å²) in [5.41, 5.74) is 7.49. The van der Waals surface area contributed by atoms with Gasteiger partial charge in [0.15, 0.2) is 0 Å². The van der Waals surface area contributed by atoms with E-state index in [4.69, 9.17) is 10.5 Å². The molecule has 0 atom stereocenters. The number of nitrogens with zero attached hydrogens (tertiary/aromatic N) is 3. The number of halogens is 1.